The van der Waals surface area contributed by atoms with Gasteiger partial charge in [-0.3, -0.25) is 4.79 Å². The molecule has 21 heavy (non-hydrogen) atoms. The molecule has 0 saturated heterocycles. The second-order valence-corrected chi connectivity index (χ2v) is 5.18. The largest absolute Gasteiger partial charge is 0.320 e. The van der Waals surface area contributed by atoms with Gasteiger partial charge in [0.1, 0.15) is 11.5 Å². The highest BCUT2D eigenvalue weighted by Gasteiger charge is 2.15. The number of hydrogen-bond donors (Lipinski definition) is 0. The molecule has 0 spiro atoms. The first-order valence-corrected chi connectivity index (χ1v) is 7.26. The van der Waals surface area contributed by atoms with Crippen molar-refractivity contribution in [3.05, 3.63) is 52.1 Å². The average molecular weight is 302 g/mol. The number of aldehydes is 1. The maximum absolute atomic E-state index is 11.2. The lowest BCUT2D eigenvalue weighted by molar-refractivity contribution is 0.111. The van der Waals surface area contributed by atoms with Gasteiger partial charge in [-0.25, -0.2) is 4.98 Å². The zero-order valence-corrected chi connectivity index (χ0v) is 12.6. The van der Waals surface area contributed by atoms with Crippen LogP contribution in [-0.2, 0) is 13.0 Å². The number of carbonyl (C=O) groups is 1. The van der Waals surface area contributed by atoms with E-state index in [1.54, 1.807) is 12.1 Å². The van der Waals surface area contributed by atoms with Gasteiger partial charge in [0.25, 0.3) is 0 Å². The van der Waals surface area contributed by atoms with Crippen LogP contribution in [0.5, 0.6) is 0 Å². The smallest absolute Gasteiger partial charge is 0.169 e. The van der Waals surface area contributed by atoms with Gasteiger partial charge in [0, 0.05) is 13.0 Å². The summed E-state index contributed by atoms with van der Waals surface area (Å²) in [5.41, 5.74) is 2.03. The molecule has 0 bridgehead atoms. The van der Waals surface area contributed by atoms with Crippen LogP contribution in [0.1, 0.15) is 47.2 Å². The van der Waals surface area contributed by atoms with Gasteiger partial charge in [0.2, 0.25) is 0 Å². The molecule has 0 saturated carbocycles. The first-order valence-electron chi connectivity index (χ1n) is 6.88. The topological polar surface area (TPSA) is 58.7 Å². The molecule has 0 fully saturated rings. The zero-order chi connectivity index (χ0) is 15.2. The number of aromatic nitrogens is 2. The molecule has 0 unspecified atom stereocenters. The number of benzene rings is 1. The molecule has 0 N–H and O–H groups in total. The molecule has 1 aromatic heterocycles. The number of rotatable bonds is 6. The van der Waals surface area contributed by atoms with E-state index in [1.165, 1.54) is 0 Å². The number of unbranched alkanes of at least 4 members (excludes halogenated alkanes) is 1. The summed E-state index contributed by atoms with van der Waals surface area (Å²) in [7, 11) is 0. The number of imidazole rings is 1. The van der Waals surface area contributed by atoms with Crippen molar-refractivity contribution in [3.8, 4) is 6.07 Å². The quantitative estimate of drug-likeness (QED) is 0.766. The molecule has 5 heteroatoms. The Morgan fingerprint density at radius 3 is 2.67 bits per heavy atom. The molecule has 2 rings (SSSR count). The summed E-state index contributed by atoms with van der Waals surface area (Å²) in [6, 6.07) is 9.37. The molecule has 108 valence electrons. The van der Waals surface area contributed by atoms with Crippen LogP contribution >= 0.6 is 11.6 Å². The molecular formula is C16H16ClN3O. The van der Waals surface area contributed by atoms with Gasteiger partial charge in [0.15, 0.2) is 11.4 Å². The second kappa shape index (κ2) is 7.05. The monoisotopic (exact) mass is 301 g/mol. The van der Waals surface area contributed by atoms with Crippen LogP contribution in [0.15, 0.2) is 24.3 Å². The third-order valence-corrected chi connectivity index (χ3v) is 3.61. The first kappa shape index (κ1) is 15.3. The molecule has 0 radical (unpaired) electrons. The number of halogens is 1. The molecular weight excluding hydrogens is 286 g/mol. The number of hydrogen-bond acceptors (Lipinski definition) is 3. The van der Waals surface area contributed by atoms with Gasteiger partial charge in [-0.2, -0.15) is 5.26 Å². The van der Waals surface area contributed by atoms with E-state index in [1.807, 2.05) is 16.7 Å². The van der Waals surface area contributed by atoms with E-state index in [4.69, 9.17) is 16.9 Å². The van der Waals surface area contributed by atoms with Gasteiger partial charge in [0.05, 0.1) is 11.6 Å². The molecule has 0 aliphatic carbocycles. The molecule has 0 atom stereocenters. The van der Waals surface area contributed by atoms with Crippen molar-refractivity contribution in [1.82, 2.24) is 9.55 Å². The Kier molecular flexibility index (Phi) is 5.13. The van der Waals surface area contributed by atoms with E-state index in [-0.39, 0.29) is 5.15 Å². The van der Waals surface area contributed by atoms with Crippen molar-refractivity contribution in [1.29, 1.82) is 5.26 Å². The lowest BCUT2D eigenvalue weighted by Crippen LogP contribution is -2.08. The Morgan fingerprint density at radius 1 is 1.38 bits per heavy atom. The lowest BCUT2D eigenvalue weighted by Gasteiger charge is -2.09. The van der Waals surface area contributed by atoms with Gasteiger partial charge in [-0.05, 0) is 24.1 Å². The second-order valence-electron chi connectivity index (χ2n) is 4.82. The predicted octanol–water partition coefficient (Wildman–Crippen LogP) is 3.61. The minimum atomic E-state index is 0.254. The summed E-state index contributed by atoms with van der Waals surface area (Å²) in [6.07, 6.45) is 3.59. The predicted molar refractivity (Wildman–Crippen MR) is 81.5 cm³/mol. The third-order valence-electron chi connectivity index (χ3n) is 3.33. The standard InChI is InChI=1S/C16H16ClN3O/c1-2-3-4-15-19-16(17)14(11-21)20(15)10-13-7-5-12(9-18)6-8-13/h5-8,11H,2-4,10H2,1H3. The normalized spacial score (nSPS) is 10.3. The third kappa shape index (κ3) is 3.50. The van der Waals surface area contributed by atoms with Crippen molar-refractivity contribution in [2.24, 2.45) is 0 Å². The fourth-order valence-corrected chi connectivity index (χ4v) is 2.41. The Hall–Kier alpha value is -2.12. The molecule has 2 aromatic rings. The molecule has 0 amide bonds. The van der Waals surface area contributed by atoms with E-state index in [9.17, 15) is 4.79 Å². The summed E-state index contributed by atoms with van der Waals surface area (Å²) in [4.78, 5) is 15.5. The molecule has 4 nitrogen and oxygen atoms in total. The Balaban J connectivity index is 2.32. The molecule has 1 aromatic carbocycles. The fourth-order valence-electron chi connectivity index (χ4n) is 2.16. The van der Waals surface area contributed by atoms with Crippen molar-refractivity contribution in [2.75, 3.05) is 0 Å². The van der Waals surface area contributed by atoms with E-state index in [0.717, 1.165) is 36.9 Å². The fraction of sp³-hybridized carbons (Fsp3) is 0.312. The van der Waals surface area contributed by atoms with Gasteiger partial charge >= 0.3 is 0 Å². The van der Waals surface area contributed by atoms with Gasteiger partial charge < -0.3 is 4.57 Å². The highest BCUT2D eigenvalue weighted by atomic mass is 35.5. The maximum Gasteiger partial charge on any atom is 0.169 e. The average Bonchev–Trinajstić information content (AvgIpc) is 2.81. The summed E-state index contributed by atoms with van der Waals surface area (Å²) in [5, 5.41) is 9.07. The number of nitrogens with zero attached hydrogens (tertiary/aromatic N) is 3. The van der Waals surface area contributed by atoms with Crippen LogP contribution in [-0.4, -0.2) is 15.8 Å². The highest BCUT2D eigenvalue weighted by Crippen LogP contribution is 2.19. The lowest BCUT2D eigenvalue weighted by atomic mass is 10.1. The van der Waals surface area contributed by atoms with Crippen LogP contribution in [0.3, 0.4) is 0 Å². The SMILES string of the molecule is CCCCc1nc(Cl)c(C=O)n1Cc1ccc(C#N)cc1. The Morgan fingerprint density at radius 2 is 2.10 bits per heavy atom. The van der Waals surface area contributed by atoms with Crippen LogP contribution in [0.4, 0.5) is 0 Å². The van der Waals surface area contributed by atoms with Crippen LogP contribution in [0.2, 0.25) is 5.15 Å². The number of carbonyl (C=O) groups excluding carboxylic acids is 1. The van der Waals surface area contributed by atoms with E-state index < -0.39 is 0 Å². The number of nitriles is 1. The Bertz CT molecular complexity index is 668. The van der Waals surface area contributed by atoms with E-state index in [0.29, 0.717) is 17.8 Å². The first-order chi connectivity index (χ1) is 10.2. The zero-order valence-electron chi connectivity index (χ0n) is 11.8. The van der Waals surface area contributed by atoms with Crippen LogP contribution < -0.4 is 0 Å². The summed E-state index contributed by atoms with van der Waals surface area (Å²) in [6.45, 7) is 2.63. The van der Waals surface area contributed by atoms with Crippen molar-refractivity contribution >= 4 is 17.9 Å². The molecule has 1 heterocycles. The minimum Gasteiger partial charge on any atom is -0.320 e. The van der Waals surface area contributed by atoms with Gasteiger partial charge in [-0.1, -0.05) is 37.1 Å². The van der Waals surface area contributed by atoms with E-state index in [2.05, 4.69) is 18.0 Å². The van der Waals surface area contributed by atoms with E-state index >= 15 is 0 Å². The van der Waals surface area contributed by atoms with Crippen molar-refractivity contribution in [3.63, 3.8) is 0 Å². The maximum atomic E-state index is 11.2. The van der Waals surface area contributed by atoms with Crippen molar-refractivity contribution < 1.29 is 4.79 Å². The van der Waals surface area contributed by atoms with Crippen LogP contribution in [0, 0.1) is 11.3 Å². The summed E-state index contributed by atoms with van der Waals surface area (Å²) >= 11 is 6.04. The minimum absolute atomic E-state index is 0.254. The molecule has 0 aliphatic rings. The highest BCUT2D eigenvalue weighted by molar-refractivity contribution is 6.31. The molecule has 0 aliphatic heterocycles. The Labute approximate surface area is 129 Å². The number of aryl methyl sites for hydroxylation is 1. The van der Waals surface area contributed by atoms with Crippen LogP contribution in [0.25, 0.3) is 0 Å². The summed E-state index contributed by atoms with van der Waals surface area (Å²) in [5.74, 6) is 0.827. The van der Waals surface area contributed by atoms with Crippen molar-refractivity contribution in [2.45, 2.75) is 32.7 Å². The van der Waals surface area contributed by atoms with Gasteiger partial charge in [-0.15, -0.1) is 0 Å². The summed E-state index contributed by atoms with van der Waals surface area (Å²) < 4.78 is 1.85.